The number of aliphatic hydroxyl groups excluding tert-OH is 1. The number of nitrogens with zero attached hydrogens (tertiary/aromatic N) is 2. The average Bonchev–Trinajstić information content (AvgIpc) is 3.11. The van der Waals surface area contributed by atoms with Gasteiger partial charge in [0, 0.05) is 24.3 Å². The van der Waals surface area contributed by atoms with E-state index in [9.17, 15) is 5.11 Å². The van der Waals surface area contributed by atoms with Crippen LogP contribution in [-0.4, -0.2) is 34.2 Å². The zero-order valence-corrected chi connectivity index (χ0v) is 10.8. The van der Waals surface area contributed by atoms with Crippen molar-refractivity contribution in [2.45, 2.75) is 19.1 Å². The molecule has 2 atom stereocenters. The Balaban J connectivity index is 1.68. The van der Waals surface area contributed by atoms with E-state index in [1.54, 1.807) is 0 Å². The fraction of sp³-hybridized carbons (Fsp3) is 0.400. The van der Waals surface area contributed by atoms with Crippen molar-refractivity contribution in [3.8, 4) is 11.1 Å². The lowest BCUT2D eigenvalue weighted by atomic mass is 10.0. The average molecular weight is 258 g/mol. The Bertz CT molecular complexity index is 518. The molecule has 0 spiro atoms. The SMILES string of the molecule is OC(Cn1cc(-c2ccccc2)cn1)C1CCOC1. The van der Waals surface area contributed by atoms with Crippen molar-refractivity contribution in [2.75, 3.05) is 13.2 Å². The summed E-state index contributed by atoms with van der Waals surface area (Å²) in [5, 5.41) is 14.5. The molecule has 1 aliphatic rings. The summed E-state index contributed by atoms with van der Waals surface area (Å²) < 4.78 is 7.11. The fourth-order valence-electron chi connectivity index (χ4n) is 2.44. The molecule has 0 bridgehead atoms. The summed E-state index contributed by atoms with van der Waals surface area (Å²) in [4.78, 5) is 0. The first-order valence-corrected chi connectivity index (χ1v) is 6.66. The zero-order chi connectivity index (χ0) is 13.1. The maximum atomic E-state index is 10.1. The minimum absolute atomic E-state index is 0.240. The Morgan fingerprint density at radius 1 is 1.32 bits per heavy atom. The lowest BCUT2D eigenvalue weighted by molar-refractivity contribution is 0.0748. The molecule has 1 fully saturated rings. The van der Waals surface area contributed by atoms with Crippen LogP contribution in [0.2, 0.25) is 0 Å². The molecule has 4 nitrogen and oxygen atoms in total. The minimum atomic E-state index is -0.383. The van der Waals surface area contributed by atoms with E-state index in [4.69, 9.17) is 4.74 Å². The summed E-state index contributed by atoms with van der Waals surface area (Å²) in [6, 6.07) is 10.1. The van der Waals surface area contributed by atoms with Gasteiger partial charge in [0.2, 0.25) is 0 Å². The summed E-state index contributed by atoms with van der Waals surface area (Å²) in [5.41, 5.74) is 2.22. The van der Waals surface area contributed by atoms with Crippen molar-refractivity contribution < 1.29 is 9.84 Å². The molecular weight excluding hydrogens is 240 g/mol. The van der Waals surface area contributed by atoms with E-state index in [2.05, 4.69) is 17.2 Å². The van der Waals surface area contributed by atoms with Crippen LogP contribution in [0.5, 0.6) is 0 Å². The van der Waals surface area contributed by atoms with E-state index >= 15 is 0 Å². The molecule has 19 heavy (non-hydrogen) atoms. The van der Waals surface area contributed by atoms with Crippen LogP contribution in [0, 0.1) is 5.92 Å². The predicted octanol–water partition coefficient (Wildman–Crippen LogP) is 1.95. The molecule has 1 saturated heterocycles. The highest BCUT2D eigenvalue weighted by Gasteiger charge is 2.24. The number of aromatic nitrogens is 2. The number of rotatable bonds is 4. The Morgan fingerprint density at radius 2 is 2.16 bits per heavy atom. The van der Waals surface area contributed by atoms with E-state index in [1.165, 1.54) is 0 Å². The first-order valence-electron chi connectivity index (χ1n) is 6.66. The van der Waals surface area contributed by atoms with Crippen molar-refractivity contribution in [1.82, 2.24) is 9.78 Å². The van der Waals surface area contributed by atoms with Gasteiger partial charge in [-0.05, 0) is 12.0 Å². The molecule has 1 aromatic heterocycles. The molecule has 3 rings (SSSR count). The van der Waals surface area contributed by atoms with Gasteiger partial charge in [0.15, 0.2) is 0 Å². The van der Waals surface area contributed by atoms with Crippen LogP contribution in [0.3, 0.4) is 0 Å². The fourth-order valence-corrected chi connectivity index (χ4v) is 2.44. The zero-order valence-electron chi connectivity index (χ0n) is 10.8. The Hall–Kier alpha value is -1.65. The van der Waals surface area contributed by atoms with Crippen LogP contribution >= 0.6 is 0 Å². The molecule has 1 aliphatic heterocycles. The summed E-state index contributed by atoms with van der Waals surface area (Å²) in [7, 11) is 0. The summed E-state index contributed by atoms with van der Waals surface area (Å²) in [6.45, 7) is 1.95. The third kappa shape index (κ3) is 2.85. The second kappa shape index (κ2) is 5.55. The first-order chi connectivity index (χ1) is 9.33. The summed E-state index contributed by atoms with van der Waals surface area (Å²) in [6.07, 6.45) is 4.38. The van der Waals surface area contributed by atoms with Gasteiger partial charge in [-0.25, -0.2) is 0 Å². The third-order valence-corrected chi connectivity index (χ3v) is 3.62. The molecule has 1 N–H and O–H groups in total. The van der Waals surface area contributed by atoms with Crippen molar-refractivity contribution in [2.24, 2.45) is 5.92 Å². The number of aliphatic hydroxyl groups is 1. The van der Waals surface area contributed by atoms with E-state index in [-0.39, 0.29) is 12.0 Å². The topological polar surface area (TPSA) is 47.3 Å². The van der Waals surface area contributed by atoms with E-state index in [0.717, 1.165) is 24.2 Å². The predicted molar refractivity (Wildman–Crippen MR) is 72.6 cm³/mol. The molecule has 0 aliphatic carbocycles. The maximum absolute atomic E-state index is 10.1. The molecule has 2 aromatic rings. The van der Waals surface area contributed by atoms with Gasteiger partial charge in [-0.2, -0.15) is 5.10 Å². The molecule has 4 heteroatoms. The van der Waals surface area contributed by atoms with Gasteiger partial charge in [0.25, 0.3) is 0 Å². The molecule has 2 heterocycles. The lowest BCUT2D eigenvalue weighted by Gasteiger charge is -2.15. The summed E-state index contributed by atoms with van der Waals surface area (Å²) >= 11 is 0. The molecule has 0 amide bonds. The normalized spacial score (nSPS) is 20.6. The molecule has 0 saturated carbocycles. The van der Waals surface area contributed by atoms with Gasteiger partial charge in [-0.1, -0.05) is 30.3 Å². The van der Waals surface area contributed by atoms with Gasteiger partial charge in [-0.15, -0.1) is 0 Å². The van der Waals surface area contributed by atoms with E-state index < -0.39 is 0 Å². The van der Waals surface area contributed by atoms with Gasteiger partial charge in [0.05, 0.1) is 25.5 Å². The van der Waals surface area contributed by atoms with Gasteiger partial charge >= 0.3 is 0 Å². The van der Waals surface area contributed by atoms with E-state index in [1.807, 2.05) is 35.3 Å². The van der Waals surface area contributed by atoms with Crippen molar-refractivity contribution in [3.05, 3.63) is 42.7 Å². The Morgan fingerprint density at radius 3 is 2.89 bits per heavy atom. The number of hydrogen-bond acceptors (Lipinski definition) is 3. The van der Waals surface area contributed by atoms with Crippen LogP contribution in [0.15, 0.2) is 42.7 Å². The van der Waals surface area contributed by atoms with Crippen LogP contribution in [0.4, 0.5) is 0 Å². The van der Waals surface area contributed by atoms with E-state index in [0.29, 0.717) is 13.2 Å². The Labute approximate surface area is 112 Å². The largest absolute Gasteiger partial charge is 0.391 e. The maximum Gasteiger partial charge on any atom is 0.0786 e. The molecule has 1 aromatic carbocycles. The molecule has 2 unspecified atom stereocenters. The van der Waals surface area contributed by atoms with Crippen LogP contribution in [-0.2, 0) is 11.3 Å². The second-order valence-electron chi connectivity index (χ2n) is 5.01. The molecule has 100 valence electrons. The van der Waals surface area contributed by atoms with Crippen LogP contribution < -0.4 is 0 Å². The lowest BCUT2D eigenvalue weighted by Crippen LogP contribution is -2.26. The Kier molecular flexibility index (Phi) is 3.62. The monoisotopic (exact) mass is 258 g/mol. The number of hydrogen-bond donors (Lipinski definition) is 1. The van der Waals surface area contributed by atoms with Crippen molar-refractivity contribution in [3.63, 3.8) is 0 Å². The van der Waals surface area contributed by atoms with Gasteiger partial charge in [0.1, 0.15) is 0 Å². The van der Waals surface area contributed by atoms with Crippen molar-refractivity contribution in [1.29, 1.82) is 0 Å². The van der Waals surface area contributed by atoms with Gasteiger partial charge < -0.3 is 9.84 Å². The second-order valence-corrected chi connectivity index (χ2v) is 5.01. The molecule has 0 radical (unpaired) electrons. The highest BCUT2D eigenvalue weighted by atomic mass is 16.5. The van der Waals surface area contributed by atoms with Gasteiger partial charge in [-0.3, -0.25) is 4.68 Å². The van der Waals surface area contributed by atoms with Crippen LogP contribution in [0.25, 0.3) is 11.1 Å². The first kappa shape index (κ1) is 12.4. The van der Waals surface area contributed by atoms with Crippen LogP contribution in [0.1, 0.15) is 6.42 Å². The van der Waals surface area contributed by atoms with Crippen molar-refractivity contribution >= 4 is 0 Å². The quantitative estimate of drug-likeness (QED) is 0.911. The standard InChI is InChI=1S/C15H18N2O2/c18-15(13-6-7-19-11-13)10-17-9-14(8-16-17)12-4-2-1-3-5-12/h1-5,8-9,13,15,18H,6-7,10-11H2. The smallest absolute Gasteiger partial charge is 0.0786 e. The highest BCUT2D eigenvalue weighted by molar-refractivity contribution is 5.61. The number of benzene rings is 1. The summed E-state index contributed by atoms with van der Waals surface area (Å²) in [5.74, 6) is 0.240. The number of ether oxygens (including phenoxy) is 1. The molecular formula is C15H18N2O2. The third-order valence-electron chi connectivity index (χ3n) is 3.62. The minimum Gasteiger partial charge on any atom is -0.391 e. The highest BCUT2D eigenvalue weighted by Crippen LogP contribution is 2.20.